The molecule has 0 aliphatic rings. The third-order valence-corrected chi connectivity index (χ3v) is 9.36. The summed E-state index contributed by atoms with van der Waals surface area (Å²) in [5.41, 5.74) is 11.7. The molecule has 0 N–H and O–H groups in total. The number of para-hydroxylation sites is 4. The number of aromatic nitrogens is 2. The van der Waals surface area contributed by atoms with Gasteiger partial charge in [0.25, 0.3) is 0 Å². The van der Waals surface area contributed by atoms with Crippen LogP contribution in [0.15, 0.2) is 158 Å². The van der Waals surface area contributed by atoms with E-state index < -0.39 is 0 Å². The molecule has 2 aromatic heterocycles. The van der Waals surface area contributed by atoms with Gasteiger partial charge in [0.2, 0.25) is 5.69 Å². The molecule has 4 heteroatoms. The van der Waals surface area contributed by atoms with Crippen LogP contribution in [0.5, 0.6) is 0 Å². The first-order valence-electron chi connectivity index (χ1n) is 15.8. The Kier molecular flexibility index (Phi) is 6.22. The van der Waals surface area contributed by atoms with E-state index in [-0.39, 0.29) is 0 Å². The van der Waals surface area contributed by atoms with Crippen LogP contribution in [0.1, 0.15) is 0 Å². The zero-order chi connectivity index (χ0) is 32.2. The van der Waals surface area contributed by atoms with Crippen molar-refractivity contribution in [2.75, 3.05) is 0 Å². The van der Waals surface area contributed by atoms with E-state index in [4.69, 9.17) is 13.1 Å². The van der Waals surface area contributed by atoms with E-state index in [1.807, 2.05) is 42.5 Å². The summed E-state index contributed by atoms with van der Waals surface area (Å²) in [6, 6.07) is 54.5. The van der Waals surface area contributed by atoms with Gasteiger partial charge in [0.15, 0.2) is 5.69 Å². The van der Waals surface area contributed by atoms with Crippen molar-refractivity contribution in [3.8, 4) is 33.6 Å². The number of hydrogen-bond acceptors (Lipinski definition) is 0. The van der Waals surface area contributed by atoms with Gasteiger partial charge in [-0.15, -0.1) is 0 Å². The molecular formula is C44H26N4. The van der Waals surface area contributed by atoms with Crippen LogP contribution >= 0.6 is 0 Å². The van der Waals surface area contributed by atoms with Crippen molar-refractivity contribution in [2.45, 2.75) is 0 Å². The van der Waals surface area contributed by atoms with Crippen molar-refractivity contribution < 1.29 is 0 Å². The third kappa shape index (κ3) is 4.14. The van der Waals surface area contributed by atoms with Crippen LogP contribution in [0.4, 0.5) is 11.4 Å². The predicted molar refractivity (Wildman–Crippen MR) is 199 cm³/mol. The maximum atomic E-state index is 8.15. The van der Waals surface area contributed by atoms with Gasteiger partial charge >= 0.3 is 0 Å². The molecule has 0 saturated heterocycles. The quantitative estimate of drug-likeness (QED) is 0.177. The Morgan fingerprint density at radius 2 is 0.979 bits per heavy atom. The van der Waals surface area contributed by atoms with Gasteiger partial charge in [-0.1, -0.05) is 109 Å². The molecule has 0 bridgehead atoms. The first-order chi connectivity index (χ1) is 23.7. The number of hydrogen-bond donors (Lipinski definition) is 0. The SMILES string of the molecule is [C-]#[N+]c1ccc2c(c1)c1ccccc1n2-c1c([N+]#[C-])cccc1-c1cccc(-c2ccc(-n3c4ccccc4c4ccccc43)cc2)c1. The lowest BCUT2D eigenvalue weighted by molar-refractivity contribution is 1.18. The number of nitrogens with zero attached hydrogens (tertiary/aromatic N) is 4. The topological polar surface area (TPSA) is 18.6 Å². The van der Waals surface area contributed by atoms with E-state index in [2.05, 4.69) is 134 Å². The molecule has 0 spiro atoms. The summed E-state index contributed by atoms with van der Waals surface area (Å²) in [5.74, 6) is 0. The third-order valence-electron chi connectivity index (χ3n) is 9.36. The van der Waals surface area contributed by atoms with Gasteiger partial charge in [0, 0.05) is 21.8 Å². The first kappa shape index (κ1) is 27.4. The average Bonchev–Trinajstić information content (AvgIpc) is 3.67. The monoisotopic (exact) mass is 610 g/mol. The van der Waals surface area contributed by atoms with E-state index >= 15 is 0 Å². The largest absolute Gasteiger partial charge is 0.318 e. The predicted octanol–water partition coefficient (Wildman–Crippen LogP) is 12.3. The molecule has 0 aliphatic heterocycles. The molecule has 0 radical (unpaired) electrons. The van der Waals surface area contributed by atoms with Crippen molar-refractivity contribution in [1.82, 2.24) is 9.13 Å². The summed E-state index contributed by atoms with van der Waals surface area (Å²) in [6.07, 6.45) is 0. The standard InChI is InChI=1S/C44H26N4/c1-45-32-23-26-43-38(28-32)37-15-5-8-20-42(37)48(43)44-34(16-10-17-39(44)46-2)31-12-9-11-30(27-31)29-21-24-33(25-22-29)47-40-18-6-3-13-35(40)36-14-4-7-19-41(36)47/h3-28H. The molecule has 9 rings (SSSR count). The van der Waals surface area contributed by atoms with Crippen LogP contribution in [0.25, 0.3) is 86.9 Å². The van der Waals surface area contributed by atoms with Crippen LogP contribution in [0, 0.1) is 13.1 Å². The molecule has 0 saturated carbocycles. The molecule has 0 aliphatic carbocycles. The van der Waals surface area contributed by atoms with Gasteiger partial charge in [-0.25, -0.2) is 9.69 Å². The average molecular weight is 611 g/mol. The Hall–Kier alpha value is -6.88. The fourth-order valence-electron chi connectivity index (χ4n) is 7.23. The van der Waals surface area contributed by atoms with Gasteiger partial charge in [-0.3, -0.25) is 0 Å². The molecule has 0 atom stereocenters. The Labute approximate surface area is 277 Å². The number of fused-ring (bicyclic) bond motifs is 6. The molecule has 48 heavy (non-hydrogen) atoms. The van der Waals surface area contributed by atoms with Gasteiger partial charge in [-0.05, 0) is 76.2 Å². The molecule has 7 aromatic carbocycles. The van der Waals surface area contributed by atoms with E-state index in [9.17, 15) is 0 Å². The first-order valence-corrected chi connectivity index (χ1v) is 15.8. The second kappa shape index (κ2) is 10.9. The van der Waals surface area contributed by atoms with Crippen LogP contribution in [0.2, 0.25) is 0 Å². The van der Waals surface area contributed by atoms with Crippen LogP contribution in [-0.2, 0) is 0 Å². The minimum Gasteiger partial charge on any atom is -0.318 e. The lowest BCUT2D eigenvalue weighted by Crippen LogP contribution is -1.98. The summed E-state index contributed by atoms with van der Waals surface area (Å²) in [7, 11) is 0. The van der Waals surface area contributed by atoms with Crippen molar-refractivity contribution in [2.24, 2.45) is 0 Å². The highest BCUT2D eigenvalue weighted by Crippen LogP contribution is 2.42. The van der Waals surface area contributed by atoms with E-state index in [0.717, 1.165) is 55.4 Å². The Bertz CT molecular complexity index is 2750. The Balaban J connectivity index is 1.19. The highest BCUT2D eigenvalue weighted by Gasteiger charge is 2.19. The summed E-state index contributed by atoms with van der Waals surface area (Å²) in [4.78, 5) is 7.68. The molecule has 0 unspecified atom stereocenters. The minimum absolute atomic E-state index is 0.574. The van der Waals surface area contributed by atoms with Crippen molar-refractivity contribution in [1.29, 1.82) is 0 Å². The second-order valence-electron chi connectivity index (χ2n) is 11.9. The molecule has 2 heterocycles. The maximum absolute atomic E-state index is 8.15. The van der Waals surface area contributed by atoms with Crippen LogP contribution in [-0.4, -0.2) is 9.13 Å². The zero-order valence-electron chi connectivity index (χ0n) is 25.8. The Morgan fingerprint density at radius 3 is 1.65 bits per heavy atom. The van der Waals surface area contributed by atoms with E-state index in [0.29, 0.717) is 11.4 Å². The summed E-state index contributed by atoms with van der Waals surface area (Å²) < 4.78 is 4.52. The van der Waals surface area contributed by atoms with E-state index in [1.165, 1.54) is 21.8 Å². The smallest absolute Gasteiger partial charge is 0.211 e. The lowest BCUT2D eigenvalue weighted by atomic mass is 9.97. The lowest BCUT2D eigenvalue weighted by Gasteiger charge is -2.17. The van der Waals surface area contributed by atoms with Gasteiger partial charge in [0.05, 0.1) is 40.9 Å². The number of benzene rings is 7. The molecule has 222 valence electrons. The van der Waals surface area contributed by atoms with Gasteiger partial charge in [0.1, 0.15) is 0 Å². The van der Waals surface area contributed by atoms with Gasteiger partial charge in [-0.2, -0.15) is 0 Å². The summed E-state index contributed by atoms with van der Waals surface area (Å²) >= 11 is 0. The Morgan fingerprint density at radius 1 is 0.396 bits per heavy atom. The minimum atomic E-state index is 0.574. The summed E-state index contributed by atoms with van der Waals surface area (Å²) in [5, 5.41) is 4.55. The molecule has 0 amide bonds. The van der Waals surface area contributed by atoms with Crippen LogP contribution in [0.3, 0.4) is 0 Å². The fourth-order valence-corrected chi connectivity index (χ4v) is 7.23. The zero-order valence-corrected chi connectivity index (χ0v) is 25.8. The highest BCUT2D eigenvalue weighted by molar-refractivity contribution is 6.12. The highest BCUT2D eigenvalue weighted by atomic mass is 15.0. The second-order valence-corrected chi connectivity index (χ2v) is 11.9. The maximum Gasteiger partial charge on any atom is 0.211 e. The van der Waals surface area contributed by atoms with Crippen molar-refractivity contribution in [3.05, 3.63) is 181 Å². The summed E-state index contributed by atoms with van der Waals surface area (Å²) in [6.45, 7) is 15.7. The molecule has 0 fully saturated rings. The normalized spacial score (nSPS) is 11.3. The molecule has 9 aromatic rings. The molecule has 4 nitrogen and oxygen atoms in total. The van der Waals surface area contributed by atoms with Crippen molar-refractivity contribution in [3.63, 3.8) is 0 Å². The fraction of sp³-hybridized carbons (Fsp3) is 0. The molecular weight excluding hydrogens is 585 g/mol. The van der Waals surface area contributed by atoms with Crippen molar-refractivity contribution >= 4 is 55.0 Å². The van der Waals surface area contributed by atoms with E-state index in [1.54, 1.807) is 0 Å². The van der Waals surface area contributed by atoms with Gasteiger partial charge < -0.3 is 9.13 Å². The number of rotatable bonds is 4. The van der Waals surface area contributed by atoms with Crippen LogP contribution < -0.4 is 0 Å².